The Morgan fingerprint density at radius 3 is 2.62 bits per heavy atom. The van der Waals surface area contributed by atoms with Gasteiger partial charge < -0.3 is 9.84 Å². The van der Waals surface area contributed by atoms with Gasteiger partial charge in [-0.25, -0.2) is 4.98 Å². The lowest BCUT2D eigenvalue weighted by Crippen LogP contribution is -1.96. The fraction of sp³-hybridized carbons (Fsp3) is 0.118. The average molecular weight is 391 g/mol. The molecule has 3 nitrogen and oxygen atoms in total. The second-order valence-corrected chi connectivity index (χ2v) is 5.75. The van der Waals surface area contributed by atoms with Gasteiger partial charge in [-0.2, -0.15) is 0 Å². The van der Waals surface area contributed by atoms with E-state index >= 15 is 0 Å². The highest BCUT2D eigenvalue weighted by Crippen LogP contribution is 2.23. The van der Waals surface area contributed by atoms with Gasteiger partial charge in [-0.1, -0.05) is 30.3 Å². The topological polar surface area (TPSA) is 42.4 Å². The van der Waals surface area contributed by atoms with Crippen LogP contribution >= 0.6 is 22.6 Å². The van der Waals surface area contributed by atoms with E-state index < -0.39 is 0 Å². The molecule has 1 aromatic heterocycles. The fourth-order valence-electron chi connectivity index (χ4n) is 2.12. The number of fused-ring (bicyclic) bond motifs is 1. The monoisotopic (exact) mass is 391 g/mol. The molecular weight excluding hydrogens is 377 g/mol. The molecule has 0 aliphatic carbocycles. The molecule has 0 saturated heterocycles. The summed E-state index contributed by atoms with van der Waals surface area (Å²) < 4.78 is 6.65. The molecule has 0 atom stereocenters. The van der Waals surface area contributed by atoms with Crippen LogP contribution in [0.25, 0.3) is 10.9 Å². The summed E-state index contributed by atoms with van der Waals surface area (Å²) >= 11 is 2.14. The Hall–Kier alpha value is -1.66. The quantitative estimate of drug-likeness (QED) is 0.542. The van der Waals surface area contributed by atoms with E-state index in [-0.39, 0.29) is 6.61 Å². The van der Waals surface area contributed by atoms with E-state index in [4.69, 9.17) is 4.74 Å². The fourth-order valence-corrected chi connectivity index (χ4v) is 2.70. The van der Waals surface area contributed by atoms with Gasteiger partial charge in [0.25, 0.3) is 0 Å². The van der Waals surface area contributed by atoms with Crippen molar-refractivity contribution in [3.63, 3.8) is 0 Å². The maximum Gasteiger partial charge on any atom is 0.120 e. The number of aromatic nitrogens is 1. The Balaban J connectivity index is 1.85. The predicted molar refractivity (Wildman–Crippen MR) is 91.2 cm³/mol. The number of hydrogen-bond acceptors (Lipinski definition) is 3. The van der Waals surface area contributed by atoms with Gasteiger partial charge in [-0.15, -0.1) is 0 Å². The van der Waals surface area contributed by atoms with Crippen LogP contribution in [0.1, 0.15) is 11.1 Å². The molecular formula is C17H14INO2. The lowest BCUT2D eigenvalue weighted by molar-refractivity contribution is 0.280. The van der Waals surface area contributed by atoms with Crippen molar-refractivity contribution in [1.29, 1.82) is 0 Å². The summed E-state index contributed by atoms with van der Waals surface area (Å²) in [6.45, 7) is 0.535. The van der Waals surface area contributed by atoms with Crippen LogP contribution < -0.4 is 4.74 Å². The van der Waals surface area contributed by atoms with Gasteiger partial charge in [-0.05, 0) is 52.4 Å². The lowest BCUT2D eigenvalue weighted by atomic mass is 10.1. The molecule has 0 spiro atoms. The first kappa shape index (κ1) is 14.3. The van der Waals surface area contributed by atoms with Crippen molar-refractivity contribution >= 4 is 33.5 Å². The Kier molecular flexibility index (Phi) is 4.36. The molecule has 106 valence electrons. The van der Waals surface area contributed by atoms with Gasteiger partial charge in [0.2, 0.25) is 0 Å². The number of aliphatic hydroxyl groups is 1. The SMILES string of the molecule is OCc1cc2cc(OCc3ccccc3)ccc2nc1I. The largest absolute Gasteiger partial charge is 0.489 e. The zero-order chi connectivity index (χ0) is 14.7. The number of hydrogen-bond donors (Lipinski definition) is 1. The van der Waals surface area contributed by atoms with E-state index in [0.717, 1.165) is 31.5 Å². The number of halogens is 1. The molecule has 0 saturated carbocycles. The second-order valence-electron chi connectivity index (χ2n) is 4.73. The number of benzene rings is 2. The first-order valence-corrected chi connectivity index (χ1v) is 7.71. The minimum absolute atomic E-state index is 0.00366. The van der Waals surface area contributed by atoms with Gasteiger partial charge in [0.15, 0.2) is 0 Å². The summed E-state index contributed by atoms with van der Waals surface area (Å²) in [5.41, 5.74) is 2.88. The van der Waals surface area contributed by atoms with Crippen molar-refractivity contribution in [3.05, 3.63) is 69.4 Å². The summed E-state index contributed by atoms with van der Waals surface area (Å²) in [5, 5.41) is 10.3. The molecule has 4 heteroatoms. The third-order valence-corrected chi connectivity index (χ3v) is 4.17. The van der Waals surface area contributed by atoms with Gasteiger partial charge in [-0.3, -0.25) is 0 Å². The molecule has 1 N–H and O–H groups in total. The van der Waals surface area contributed by atoms with Crippen molar-refractivity contribution in [2.75, 3.05) is 0 Å². The third kappa shape index (κ3) is 3.33. The van der Waals surface area contributed by atoms with Crippen LogP contribution in [0.15, 0.2) is 54.6 Å². The summed E-state index contributed by atoms with van der Waals surface area (Å²) in [6.07, 6.45) is 0. The number of nitrogens with zero attached hydrogens (tertiary/aromatic N) is 1. The molecule has 0 unspecified atom stereocenters. The number of ether oxygens (including phenoxy) is 1. The highest BCUT2D eigenvalue weighted by Gasteiger charge is 2.05. The number of aliphatic hydroxyl groups excluding tert-OH is 1. The molecule has 1 heterocycles. The molecule has 0 aliphatic rings. The van der Waals surface area contributed by atoms with Gasteiger partial charge in [0.1, 0.15) is 16.1 Å². The summed E-state index contributed by atoms with van der Waals surface area (Å²) in [5.74, 6) is 0.804. The average Bonchev–Trinajstić information content (AvgIpc) is 2.53. The molecule has 3 aromatic rings. The highest BCUT2D eigenvalue weighted by molar-refractivity contribution is 14.1. The summed E-state index contributed by atoms with van der Waals surface area (Å²) in [7, 11) is 0. The minimum atomic E-state index is -0.00366. The lowest BCUT2D eigenvalue weighted by Gasteiger charge is -2.08. The smallest absolute Gasteiger partial charge is 0.120 e. The first-order valence-electron chi connectivity index (χ1n) is 6.63. The normalized spacial score (nSPS) is 10.8. The van der Waals surface area contributed by atoms with Crippen LogP contribution in [0.3, 0.4) is 0 Å². The summed E-state index contributed by atoms with van der Waals surface area (Å²) in [6, 6.07) is 17.8. The standard InChI is InChI=1S/C17H14INO2/c18-17-14(10-20)8-13-9-15(6-7-16(13)19-17)21-11-12-4-2-1-3-5-12/h1-9,20H,10-11H2. The molecule has 0 bridgehead atoms. The maximum atomic E-state index is 9.32. The zero-order valence-corrected chi connectivity index (χ0v) is 13.4. The Morgan fingerprint density at radius 2 is 1.86 bits per heavy atom. The molecule has 0 aliphatic heterocycles. The molecule has 0 amide bonds. The highest BCUT2D eigenvalue weighted by atomic mass is 127. The van der Waals surface area contributed by atoms with E-state index in [1.807, 2.05) is 54.6 Å². The van der Waals surface area contributed by atoms with Crippen molar-refractivity contribution in [1.82, 2.24) is 4.98 Å². The van der Waals surface area contributed by atoms with Crippen LogP contribution in [-0.4, -0.2) is 10.1 Å². The maximum absolute atomic E-state index is 9.32. The van der Waals surface area contributed by atoms with Crippen LogP contribution in [0.4, 0.5) is 0 Å². The van der Waals surface area contributed by atoms with Crippen molar-refractivity contribution in [2.24, 2.45) is 0 Å². The van der Waals surface area contributed by atoms with E-state index in [0.29, 0.717) is 6.61 Å². The van der Waals surface area contributed by atoms with Crippen LogP contribution in [0.5, 0.6) is 5.75 Å². The molecule has 3 rings (SSSR count). The zero-order valence-electron chi connectivity index (χ0n) is 11.3. The second kappa shape index (κ2) is 6.41. The van der Waals surface area contributed by atoms with Crippen molar-refractivity contribution < 1.29 is 9.84 Å². The van der Waals surface area contributed by atoms with Gasteiger partial charge in [0, 0.05) is 10.9 Å². The van der Waals surface area contributed by atoms with E-state index in [1.165, 1.54) is 0 Å². The Labute approximate surface area is 136 Å². The minimum Gasteiger partial charge on any atom is -0.489 e. The van der Waals surface area contributed by atoms with Gasteiger partial charge in [0.05, 0.1) is 12.1 Å². The predicted octanol–water partition coefficient (Wildman–Crippen LogP) is 3.91. The molecule has 0 radical (unpaired) electrons. The summed E-state index contributed by atoms with van der Waals surface area (Å²) in [4.78, 5) is 4.48. The number of pyridine rings is 1. The number of rotatable bonds is 4. The first-order chi connectivity index (χ1) is 10.3. The van der Waals surface area contributed by atoms with Crippen molar-refractivity contribution in [2.45, 2.75) is 13.2 Å². The van der Waals surface area contributed by atoms with E-state index in [9.17, 15) is 5.11 Å². The molecule has 21 heavy (non-hydrogen) atoms. The van der Waals surface area contributed by atoms with Gasteiger partial charge >= 0.3 is 0 Å². The molecule has 2 aromatic carbocycles. The Bertz CT molecular complexity index is 759. The van der Waals surface area contributed by atoms with Crippen LogP contribution in [0.2, 0.25) is 0 Å². The molecule has 0 fully saturated rings. The van der Waals surface area contributed by atoms with Crippen LogP contribution in [-0.2, 0) is 13.2 Å². The van der Waals surface area contributed by atoms with Crippen molar-refractivity contribution in [3.8, 4) is 5.75 Å². The Morgan fingerprint density at radius 1 is 1.05 bits per heavy atom. The third-order valence-electron chi connectivity index (χ3n) is 3.23. The van der Waals surface area contributed by atoms with E-state index in [2.05, 4.69) is 27.6 Å². The van der Waals surface area contributed by atoms with Crippen LogP contribution in [0, 0.1) is 3.70 Å². The van der Waals surface area contributed by atoms with E-state index in [1.54, 1.807) is 0 Å².